The minimum absolute atomic E-state index is 0. The average molecular weight is 301 g/mol. The molecular weight excluding hydrogens is 280 g/mol. The molecule has 0 nitrogen and oxygen atoms in total. The van der Waals surface area contributed by atoms with E-state index < -0.39 is 15.8 Å². The Morgan fingerprint density at radius 1 is 1.18 bits per heavy atom. The van der Waals surface area contributed by atoms with Crippen LogP contribution in [-0.4, -0.2) is 7.39 Å². The molecule has 1 aromatic rings. The van der Waals surface area contributed by atoms with E-state index in [0.717, 1.165) is 0 Å². The molecule has 0 radical (unpaired) electrons. The Hall–Kier alpha value is -0.0788. The van der Waals surface area contributed by atoms with Crippen molar-refractivity contribution in [3.8, 4) is 0 Å². The maximum absolute atomic E-state index is 2.61. The van der Waals surface area contributed by atoms with Crippen LogP contribution in [0.5, 0.6) is 0 Å². The molecule has 1 aliphatic rings. The van der Waals surface area contributed by atoms with Gasteiger partial charge in [0.1, 0.15) is 0 Å². The molecule has 0 spiro atoms. The first-order valence-electron chi connectivity index (χ1n) is 6.08. The second-order valence-corrected chi connectivity index (χ2v) is 22.7. The molecule has 92 valence electrons. The summed E-state index contributed by atoms with van der Waals surface area (Å²) in [7, 11) is 0.0908. The Morgan fingerprint density at radius 3 is 2.47 bits per heavy atom. The van der Waals surface area contributed by atoms with Crippen LogP contribution in [0.2, 0.25) is 10.5 Å². The van der Waals surface area contributed by atoms with Gasteiger partial charge in [0.05, 0.1) is 0 Å². The van der Waals surface area contributed by atoms with E-state index in [-0.39, 0.29) is 19.8 Å². The molecule has 0 heterocycles. The van der Waals surface area contributed by atoms with Crippen LogP contribution in [0, 0.1) is 0 Å². The molecule has 17 heavy (non-hydrogen) atoms. The number of halogens is 1. The number of hydrogen-bond acceptors (Lipinski definition) is 0. The zero-order chi connectivity index (χ0) is 11.4. The van der Waals surface area contributed by atoms with Crippen LogP contribution in [-0.2, 0) is 21.9 Å². The molecule has 0 aliphatic heterocycles. The Bertz CT molecular complexity index is 409. The zero-order valence-corrected chi connectivity index (χ0v) is 14.4. The van der Waals surface area contributed by atoms with Gasteiger partial charge in [-0.2, -0.15) is 0 Å². The maximum atomic E-state index is 2.61. The van der Waals surface area contributed by atoms with Crippen molar-refractivity contribution in [2.45, 2.75) is 22.9 Å². The molecule has 0 N–H and O–H groups in total. The van der Waals surface area contributed by atoms with Crippen molar-refractivity contribution in [1.29, 1.82) is 0 Å². The van der Waals surface area contributed by atoms with E-state index in [4.69, 9.17) is 0 Å². The summed E-state index contributed by atoms with van der Waals surface area (Å²) in [6, 6.07) is 12.4. The van der Waals surface area contributed by atoms with Gasteiger partial charge in [0.25, 0.3) is 0 Å². The summed E-state index contributed by atoms with van der Waals surface area (Å²) in [5, 5.41) is 5.21. The third kappa shape index (κ3) is 4.26. The fourth-order valence-corrected chi connectivity index (χ4v) is 12.5. The van der Waals surface area contributed by atoms with Crippen molar-refractivity contribution in [2.75, 3.05) is 0 Å². The molecule has 0 aromatic heterocycles. The van der Waals surface area contributed by atoms with Crippen LogP contribution in [0.25, 0.3) is 0 Å². The van der Waals surface area contributed by atoms with E-state index in [9.17, 15) is 0 Å². The van der Waals surface area contributed by atoms with E-state index >= 15 is 0 Å². The minimum atomic E-state index is -1.54. The number of allylic oxidation sites excluding steroid dienone is 4. The fourth-order valence-electron chi connectivity index (χ4n) is 2.21. The normalized spacial score (nSPS) is 15.1. The Balaban J connectivity index is 0.00000144. The van der Waals surface area contributed by atoms with E-state index in [1.807, 2.05) is 3.88 Å². The Morgan fingerprint density at radius 2 is 1.88 bits per heavy atom. The zero-order valence-electron chi connectivity index (χ0n) is 10.6. The molecule has 1 aliphatic carbocycles. The molecule has 0 amide bonds. The summed E-state index contributed by atoms with van der Waals surface area (Å²) in [6.07, 6.45) is 8.23. The van der Waals surface area contributed by atoms with Crippen molar-refractivity contribution in [2.24, 2.45) is 0 Å². The molecule has 2 rings (SSSR count). The van der Waals surface area contributed by atoms with Crippen LogP contribution < -0.4 is 0 Å². The topological polar surface area (TPSA) is 0 Å². The van der Waals surface area contributed by atoms with E-state index in [1.165, 1.54) is 12.5 Å². The monoisotopic (exact) mass is 300 g/mol. The predicted octanol–water partition coefficient (Wildman–Crippen LogP) is 3.79. The summed E-state index contributed by atoms with van der Waals surface area (Å²) in [5.74, 6) is 0. The second-order valence-electron chi connectivity index (χ2n) is 5.19. The van der Waals surface area contributed by atoms with Gasteiger partial charge in [-0.25, -0.2) is 0 Å². The van der Waals surface area contributed by atoms with E-state index in [0.29, 0.717) is 0 Å². The number of hydrogen-bond donors (Lipinski definition) is 0. The fraction of sp³-hybridized carbons (Fsp3) is 0.286. The Kier molecular flexibility index (Phi) is 5.95. The average Bonchev–Trinajstić information content (AvgIpc) is 2.82. The first kappa shape index (κ1) is 15.0. The molecule has 0 unspecified atom stereocenters. The van der Waals surface area contributed by atoms with Crippen molar-refractivity contribution in [3.05, 3.63) is 58.0 Å². The van der Waals surface area contributed by atoms with Gasteiger partial charge < -0.3 is 0 Å². The van der Waals surface area contributed by atoms with Crippen molar-refractivity contribution in [1.82, 2.24) is 0 Å². The van der Waals surface area contributed by atoms with Gasteiger partial charge in [-0.15, -0.1) is 12.4 Å². The van der Waals surface area contributed by atoms with Crippen molar-refractivity contribution < 1.29 is 15.8 Å². The SMILES string of the molecule is Cl.[CH3][Ti]([CH3])([SiH2]Cc1ccccc1)[C]1=CC=CC1. The predicted molar refractivity (Wildman–Crippen MR) is 79.5 cm³/mol. The van der Waals surface area contributed by atoms with E-state index in [2.05, 4.69) is 59.0 Å². The summed E-state index contributed by atoms with van der Waals surface area (Å²) in [4.78, 5) is 0. The summed E-state index contributed by atoms with van der Waals surface area (Å²) >= 11 is -1.54. The molecule has 0 bridgehead atoms. The van der Waals surface area contributed by atoms with Gasteiger partial charge >= 0.3 is 104 Å². The summed E-state index contributed by atoms with van der Waals surface area (Å²) in [5.41, 5.74) is 1.56. The van der Waals surface area contributed by atoms with Gasteiger partial charge in [0.15, 0.2) is 0 Å². The molecule has 3 heteroatoms. The van der Waals surface area contributed by atoms with Crippen LogP contribution in [0.15, 0.2) is 52.4 Å². The second kappa shape index (κ2) is 6.75. The number of benzene rings is 1. The quantitative estimate of drug-likeness (QED) is 0.742. The van der Waals surface area contributed by atoms with Crippen molar-refractivity contribution in [3.63, 3.8) is 0 Å². The summed E-state index contributed by atoms with van der Waals surface area (Å²) < 4.78 is 1.82. The Labute approximate surface area is 116 Å². The van der Waals surface area contributed by atoms with Gasteiger partial charge in [0.2, 0.25) is 0 Å². The van der Waals surface area contributed by atoms with Gasteiger partial charge in [0, 0.05) is 0 Å². The molecule has 0 saturated carbocycles. The van der Waals surface area contributed by atoms with Gasteiger partial charge in [-0.1, -0.05) is 0 Å². The molecule has 0 saturated heterocycles. The first-order valence-corrected chi connectivity index (χ1v) is 15.0. The van der Waals surface area contributed by atoms with Crippen LogP contribution >= 0.6 is 12.4 Å². The first-order chi connectivity index (χ1) is 7.68. The van der Waals surface area contributed by atoms with Crippen molar-refractivity contribution >= 4 is 19.8 Å². The third-order valence-corrected chi connectivity index (χ3v) is 17.8. The molecule has 0 fully saturated rings. The van der Waals surface area contributed by atoms with Crippen LogP contribution in [0.3, 0.4) is 0 Å². The van der Waals surface area contributed by atoms with E-state index in [1.54, 1.807) is 5.56 Å². The standard InChI is InChI=1S/C7H9Si.C5H5.2CH3.ClH.Ti/c8-6-7-4-2-1-3-5-7;1-2-4-5-3-1;;;;/h1-5H,6,8H2;1-3H,4H2;2*1H3;1H;. The van der Waals surface area contributed by atoms with Gasteiger partial charge in [-0.05, 0) is 0 Å². The van der Waals surface area contributed by atoms with Crippen LogP contribution in [0.4, 0.5) is 0 Å². The number of rotatable bonds is 4. The molecular formula is C14H21ClSiTi. The van der Waals surface area contributed by atoms with Crippen LogP contribution in [0.1, 0.15) is 12.0 Å². The molecule has 1 aromatic carbocycles. The third-order valence-electron chi connectivity index (χ3n) is 3.52. The summed E-state index contributed by atoms with van der Waals surface area (Å²) in [6.45, 7) is 0. The molecule has 0 atom stereocenters. The van der Waals surface area contributed by atoms with Gasteiger partial charge in [-0.3, -0.25) is 0 Å².